The first kappa shape index (κ1) is 18.8. The molecule has 0 saturated carbocycles. The molecule has 2 aromatic rings. The molecule has 0 spiro atoms. The summed E-state index contributed by atoms with van der Waals surface area (Å²) >= 11 is 0. The maximum absolute atomic E-state index is 14.4. The van der Waals surface area contributed by atoms with Gasteiger partial charge in [0.15, 0.2) is 0 Å². The summed E-state index contributed by atoms with van der Waals surface area (Å²) in [5.41, 5.74) is 1.23. The zero-order chi connectivity index (χ0) is 19.8. The summed E-state index contributed by atoms with van der Waals surface area (Å²) in [6.07, 6.45) is -0.342. The van der Waals surface area contributed by atoms with Crippen molar-refractivity contribution in [3.63, 3.8) is 0 Å². The van der Waals surface area contributed by atoms with Gasteiger partial charge in [-0.05, 0) is 24.6 Å². The van der Waals surface area contributed by atoms with Crippen molar-refractivity contribution >= 4 is 11.6 Å². The van der Waals surface area contributed by atoms with Gasteiger partial charge in [0, 0.05) is 32.6 Å². The number of piperazine rings is 1. The average Bonchev–Trinajstić information content (AvgIpc) is 2.68. The standard InChI is InChI=1S/C19H22F2N4O3/c1-11(26)12-8-14(20)17(15(21)9-12)24-3-5-25(6-4-24)19-22-16-2-7-28-10-13(16)18(27)23-19/h8-9,11,26H,2-7,10H2,1H3,(H,22,23,27). The van der Waals surface area contributed by atoms with Gasteiger partial charge in [-0.25, -0.2) is 13.8 Å². The summed E-state index contributed by atoms with van der Waals surface area (Å²) < 4.78 is 34.2. The minimum Gasteiger partial charge on any atom is -0.389 e. The van der Waals surface area contributed by atoms with Crippen LogP contribution in [0.1, 0.15) is 29.8 Å². The molecule has 1 aromatic carbocycles. The molecule has 1 unspecified atom stereocenters. The van der Waals surface area contributed by atoms with E-state index in [1.165, 1.54) is 19.1 Å². The molecule has 28 heavy (non-hydrogen) atoms. The Morgan fingerprint density at radius 1 is 1.18 bits per heavy atom. The molecule has 1 fully saturated rings. The van der Waals surface area contributed by atoms with Crippen molar-refractivity contribution in [1.29, 1.82) is 0 Å². The zero-order valence-corrected chi connectivity index (χ0v) is 15.5. The van der Waals surface area contributed by atoms with Gasteiger partial charge in [0.25, 0.3) is 5.56 Å². The molecule has 0 bridgehead atoms. The van der Waals surface area contributed by atoms with Crippen molar-refractivity contribution in [3.05, 3.63) is 50.9 Å². The molecule has 1 aromatic heterocycles. The third-order valence-electron chi connectivity index (χ3n) is 5.24. The number of halogens is 2. The summed E-state index contributed by atoms with van der Waals surface area (Å²) in [5, 5.41) is 9.54. The van der Waals surface area contributed by atoms with Crippen LogP contribution < -0.4 is 15.4 Å². The number of aliphatic hydroxyl groups is 1. The fourth-order valence-electron chi connectivity index (χ4n) is 3.65. The number of aliphatic hydroxyl groups excluding tert-OH is 1. The molecule has 0 aliphatic carbocycles. The molecule has 4 rings (SSSR count). The quantitative estimate of drug-likeness (QED) is 0.824. The highest BCUT2D eigenvalue weighted by atomic mass is 19.1. The third kappa shape index (κ3) is 3.47. The Kier molecular flexibility index (Phi) is 5.03. The smallest absolute Gasteiger partial charge is 0.258 e. The van der Waals surface area contributed by atoms with Gasteiger partial charge in [-0.3, -0.25) is 9.78 Å². The topological polar surface area (TPSA) is 81.7 Å². The highest BCUT2D eigenvalue weighted by Gasteiger charge is 2.26. The van der Waals surface area contributed by atoms with Gasteiger partial charge in [-0.15, -0.1) is 0 Å². The molecule has 1 atom stereocenters. The Bertz CT molecular complexity index is 916. The minimum absolute atomic E-state index is 0.0897. The Hall–Kier alpha value is -2.52. The summed E-state index contributed by atoms with van der Waals surface area (Å²) in [4.78, 5) is 23.1. The van der Waals surface area contributed by atoms with Crippen LogP contribution in [-0.4, -0.2) is 47.9 Å². The van der Waals surface area contributed by atoms with E-state index in [0.29, 0.717) is 50.7 Å². The molecule has 2 aliphatic heterocycles. The summed E-state index contributed by atoms with van der Waals surface area (Å²) in [6.45, 7) is 3.97. The van der Waals surface area contributed by atoms with E-state index < -0.39 is 17.7 Å². The van der Waals surface area contributed by atoms with E-state index in [-0.39, 0.29) is 23.4 Å². The van der Waals surface area contributed by atoms with E-state index in [1.54, 1.807) is 4.90 Å². The van der Waals surface area contributed by atoms with Gasteiger partial charge >= 0.3 is 0 Å². The van der Waals surface area contributed by atoms with Crippen LogP contribution in [0.4, 0.5) is 20.4 Å². The number of fused-ring (bicyclic) bond motifs is 1. The maximum Gasteiger partial charge on any atom is 0.258 e. The fourth-order valence-corrected chi connectivity index (χ4v) is 3.65. The molecule has 150 valence electrons. The van der Waals surface area contributed by atoms with Gasteiger partial charge in [0.05, 0.1) is 30.6 Å². The molecule has 0 radical (unpaired) electrons. The van der Waals surface area contributed by atoms with Crippen molar-refractivity contribution < 1.29 is 18.6 Å². The number of hydrogen-bond acceptors (Lipinski definition) is 6. The summed E-state index contributed by atoms with van der Waals surface area (Å²) in [6, 6.07) is 2.33. The van der Waals surface area contributed by atoms with Gasteiger partial charge in [0.2, 0.25) is 5.95 Å². The van der Waals surface area contributed by atoms with Crippen LogP contribution in [0.25, 0.3) is 0 Å². The van der Waals surface area contributed by atoms with Gasteiger partial charge in [-0.1, -0.05) is 0 Å². The highest BCUT2D eigenvalue weighted by Crippen LogP contribution is 2.28. The van der Waals surface area contributed by atoms with E-state index >= 15 is 0 Å². The molecular weight excluding hydrogens is 370 g/mol. The lowest BCUT2D eigenvalue weighted by molar-refractivity contribution is 0.108. The molecule has 2 N–H and O–H groups in total. The zero-order valence-electron chi connectivity index (χ0n) is 15.5. The number of aromatic nitrogens is 2. The fraction of sp³-hybridized carbons (Fsp3) is 0.474. The largest absolute Gasteiger partial charge is 0.389 e. The number of H-pyrrole nitrogens is 1. The summed E-state index contributed by atoms with van der Waals surface area (Å²) in [7, 11) is 0. The van der Waals surface area contributed by atoms with Crippen molar-refractivity contribution in [2.45, 2.75) is 26.1 Å². The molecule has 1 saturated heterocycles. The van der Waals surface area contributed by atoms with E-state index in [0.717, 1.165) is 5.69 Å². The predicted octanol–water partition coefficient (Wildman–Crippen LogP) is 1.50. The second-order valence-electron chi connectivity index (χ2n) is 7.10. The van der Waals surface area contributed by atoms with Crippen LogP contribution in [0.5, 0.6) is 0 Å². The highest BCUT2D eigenvalue weighted by molar-refractivity contribution is 5.52. The lowest BCUT2D eigenvalue weighted by Gasteiger charge is -2.37. The Morgan fingerprint density at radius 2 is 1.82 bits per heavy atom. The minimum atomic E-state index is -0.938. The van der Waals surface area contributed by atoms with Crippen molar-refractivity contribution in [2.24, 2.45) is 0 Å². The number of aromatic amines is 1. The lowest BCUT2D eigenvalue weighted by Crippen LogP contribution is -2.48. The Morgan fingerprint density at radius 3 is 2.46 bits per heavy atom. The first-order valence-corrected chi connectivity index (χ1v) is 9.30. The maximum atomic E-state index is 14.4. The second kappa shape index (κ2) is 7.48. The van der Waals surface area contributed by atoms with Crippen molar-refractivity contribution in [3.8, 4) is 0 Å². The van der Waals surface area contributed by atoms with E-state index in [4.69, 9.17) is 4.74 Å². The number of ether oxygens (including phenoxy) is 1. The van der Waals surface area contributed by atoms with Gasteiger partial charge in [0.1, 0.15) is 17.3 Å². The number of nitrogens with zero attached hydrogens (tertiary/aromatic N) is 3. The average molecular weight is 392 g/mol. The molecule has 0 amide bonds. The monoisotopic (exact) mass is 392 g/mol. The molecule has 7 nitrogen and oxygen atoms in total. The molecule has 3 heterocycles. The van der Waals surface area contributed by atoms with Crippen molar-refractivity contribution in [1.82, 2.24) is 9.97 Å². The molecule has 9 heteroatoms. The van der Waals surface area contributed by atoms with Crippen LogP contribution in [0.2, 0.25) is 0 Å². The van der Waals surface area contributed by atoms with Crippen LogP contribution >= 0.6 is 0 Å². The van der Waals surface area contributed by atoms with Crippen LogP contribution in [0, 0.1) is 11.6 Å². The van der Waals surface area contributed by atoms with Crippen LogP contribution in [-0.2, 0) is 17.8 Å². The van der Waals surface area contributed by atoms with Crippen LogP contribution in [0.3, 0.4) is 0 Å². The number of nitrogens with one attached hydrogen (secondary N) is 1. The van der Waals surface area contributed by atoms with Crippen molar-refractivity contribution in [2.75, 3.05) is 42.6 Å². The molecule has 2 aliphatic rings. The number of benzene rings is 1. The van der Waals surface area contributed by atoms with E-state index in [9.17, 15) is 18.7 Å². The van der Waals surface area contributed by atoms with Gasteiger partial charge < -0.3 is 19.6 Å². The van der Waals surface area contributed by atoms with Gasteiger partial charge in [-0.2, -0.15) is 0 Å². The first-order chi connectivity index (χ1) is 13.4. The normalized spacial score (nSPS) is 18.1. The second-order valence-corrected chi connectivity index (χ2v) is 7.10. The van der Waals surface area contributed by atoms with E-state index in [2.05, 4.69) is 9.97 Å². The van der Waals surface area contributed by atoms with Crippen LogP contribution in [0.15, 0.2) is 16.9 Å². The third-order valence-corrected chi connectivity index (χ3v) is 5.24. The number of hydrogen-bond donors (Lipinski definition) is 2. The Labute approximate surface area is 160 Å². The number of rotatable bonds is 3. The Balaban J connectivity index is 1.51. The lowest BCUT2D eigenvalue weighted by atomic mass is 10.1. The van der Waals surface area contributed by atoms with E-state index in [1.807, 2.05) is 4.90 Å². The first-order valence-electron chi connectivity index (χ1n) is 9.30. The SMILES string of the molecule is CC(O)c1cc(F)c(N2CCN(c3nc4c(c(=O)[nH]3)COCC4)CC2)c(F)c1. The summed E-state index contributed by atoms with van der Waals surface area (Å²) in [5.74, 6) is -0.898. The number of anilines is 2. The molecular formula is C19H22F2N4O3. The predicted molar refractivity (Wildman–Crippen MR) is 99.6 cm³/mol.